The number of pyridine rings is 1. The van der Waals surface area contributed by atoms with Crippen LogP contribution < -0.4 is 10.6 Å². The molecule has 0 saturated heterocycles. The van der Waals surface area contributed by atoms with Gasteiger partial charge in [0, 0.05) is 19.7 Å². The van der Waals surface area contributed by atoms with E-state index in [1.165, 1.54) is 18.9 Å². The van der Waals surface area contributed by atoms with Gasteiger partial charge in [-0.05, 0) is 18.8 Å². The van der Waals surface area contributed by atoms with Crippen LogP contribution in [0.25, 0.3) is 0 Å². The number of hydrogen-bond donors (Lipinski definition) is 2. The smallest absolute Gasteiger partial charge is 0.288 e. The summed E-state index contributed by atoms with van der Waals surface area (Å²) in [5, 5.41) is 16.4. The zero-order chi connectivity index (χ0) is 14.5. The van der Waals surface area contributed by atoms with E-state index in [2.05, 4.69) is 15.6 Å². The topological polar surface area (TPSA) is 97.2 Å². The Morgan fingerprint density at radius 1 is 1.50 bits per heavy atom. The first-order valence-corrected chi connectivity index (χ1v) is 6.72. The molecule has 1 aromatic heterocycles. The van der Waals surface area contributed by atoms with Crippen LogP contribution in [0.1, 0.15) is 36.0 Å². The largest absolute Gasteiger partial charge is 0.372 e. The van der Waals surface area contributed by atoms with E-state index in [0.717, 1.165) is 19.0 Å². The van der Waals surface area contributed by atoms with Gasteiger partial charge >= 0.3 is 0 Å². The number of aromatic nitrogens is 1. The van der Waals surface area contributed by atoms with Gasteiger partial charge in [-0.15, -0.1) is 0 Å². The molecule has 1 saturated carbocycles. The van der Waals surface area contributed by atoms with Crippen LogP contribution in [-0.2, 0) is 0 Å². The second-order valence-corrected chi connectivity index (χ2v) is 4.96. The predicted molar refractivity (Wildman–Crippen MR) is 74.7 cm³/mol. The van der Waals surface area contributed by atoms with Crippen molar-refractivity contribution < 1.29 is 9.72 Å². The minimum atomic E-state index is -0.555. The molecule has 1 amide bonds. The Hall–Kier alpha value is -2.18. The van der Waals surface area contributed by atoms with Crippen molar-refractivity contribution in [1.82, 2.24) is 10.3 Å². The van der Waals surface area contributed by atoms with Gasteiger partial charge in [0.05, 0.1) is 10.5 Å². The van der Waals surface area contributed by atoms with Crippen LogP contribution in [0, 0.1) is 16.0 Å². The van der Waals surface area contributed by atoms with Crippen molar-refractivity contribution in [2.75, 3.05) is 18.9 Å². The van der Waals surface area contributed by atoms with E-state index in [1.54, 1.807) is 7.05 Å². The second-order valence-electron chi connectivity index (χ2n) is 4.96. The zero-order valence-corrected chi connectivity index (χ0v) is 11.4. The molecule has 0 aromatic carbocycles. The molecule has 2 N–H and O–H groups in total. The minimum Gasteiger partial charge on any atom is -0.372 e. The van der Waals surface area contributed by atoms with Gasteiger partial charge in [-0.1, -0.05) is 12.8 Å². The Kier molecular flexibility index (Phi) is 4.49. The van der Waals surface area contributed by atoms with Crippen LogP contribution in [0.3, 0.4) is 0 Å². The maximum Gasteiger partial charge on any atom is 0.288 e. The third-order valence-corrected chi connectivity index (χ3v) is 3.59. The number of carbonyl (C=O) groups excluding carboxylic acids is 1. The molecule has 1 aliphatic rings. The van der Waals surface area contributed by atoms with Crippen LogP contribution in [0.15, 0.2) is 12.3 Å². The molecule has 0 radical (unpaired) electrons. The first-order chi connectivity index (χ1) is 9.61. The summed E-state index contributed by atoms with van der Waals surface area (Å²) in [5.74, 6) is 0.542. The first-order valence-electron chi connectivity index (χ1n) is 6.72. The van der Waals surface area contributed by atoms with Gasteiger partial charge in [-0.3, -0.25) is 14.9 Å². The lowest BCUT2D eigenvalue weighted by molar-refractivity contribution is -0.385. The van der Waals surface area contributed by atoms with Crippen molar-refractivity contribution in [2.45, 2.75) is 25.7 Å². The SMILES string of the molecule is CNc1ncc([N+](=O)[O-])cc1C(=O)NCC1CCCC1. The average molecular weight is 278 g/mol. The molecule has 7 heteroatoms. The third-order valence-electron chi connectivity index (χ3n) is 3.59. The van der Waals surface area contributed by atoms with Gasteiger partial charge in [0.15, 0.2) is 0 Å². The van der Waals surface area contributed by atoms with Crippen LogP contribution in [-0.4, -0.2) is 29.4 Å². The number of hydrogen-bond acceptors (Lipinski definition) is 5. The Morgan fingerprint density at radius 2 is 2.20 bits per heavy atom. The molecule has 0 spiro atoms. The standard InChI is InChI=1S/C13H18N4O3/c1-14-12-11(6-10(8-15-12)17(19)20)13(18)16-7-9-4-2-3-5-9/h6,8-9H,2-5,7H2,1H3,(H,14,15)(H,16,18). The van der Waals surface area contributed by atoms with E-state index >= 15 is 0 Å². The summed E-state index contributed by atoms with van der Waals surface area (Å²) in [4.78, 5) is 26.2. The van der Waals surface area contributed by atoms with Gasteiger partial charge in [0.2, 0.25) is 0 Å². The molecule has 1 heterocycles. The Morgan fingerprint density at radius 3 is 2.80 bits per heavy atom. The van der Waals surface area contributed by atoms with Crippen molar-refractivity contribution in [2.24, 2.45) is 5.92 Å². The van der Waals surface area contributed by atoms with Gasteiger partial charge in [0.1, 0.15) is 12.0 Å². The molecular weight excluding hydrogens is 260 g/mol. The monoisotopic (exact) mass is 278 g/mol. The number of nitrogens with one attached hydrogen (secondary N) is 2. The summed E-state index contributed by atoms with van der Waals surface area (Å²) in [5.41, 5.74) is 0.0229. The maximum absolute atomic E-state index is 12.1. The first kappa shape index (κ1) is 14.2. The van der Waals surface area contributed by atoms with Crippen LogP contribution in [0.5, 0.6) is 0 Å². The molecule has 7 nitrogen and oxygen atoms in total. The number of nitrogens with zero attached hydrogens (tertiary/aromatic N) is 2. The molecule has 1 aliphatic carbocycles. The number of amides is 1. The molecule has 2 rings (SSSR count). The van der Waals surface area contributed by atoms with Crippen molar-refractivity contribution in [3.05, 3.63) is 27.9 Å². The lowest BCUT2D eigenvalue weighted by atomic mass is 10.1. The van der Waals surface area contributed by atoms with E-state index in [9.17, 15) is 14.9 Å². The highest BCUT2D eigenvalue weighted by Gasteiger charge is 2.20. The van der Waals surface area contributed by atoms with E-state index in [1.807, 2.05) is 0 Å². The Balaban J connectivity index is 2.10. The highest BCUT2D eigenvalue weighted by Crippen LogP contribution is 2.24. The normalized spacial score (nSPS) is 15.1. The second kappa shape index (κ2) is 6.31. The molecule has 20 heavy (non-hydrogen) atoms. The van der Waals surface area contributed by atoms with Gasteiger partial charge < -0.3 is 10.6 Å². The summed E-state index contributed by atoms with van der Waals surface area (Å²) in [7, 11) is 1.63. The van der Waals surface area contributed by atoms with E-state index < -0.39 is 4.92 Å². The summed E-state index contributed by atoms with van der Waals surface area (Å²) >= 11 is 0. The average Bonchev–Trinajstić information content (AvgIpc) is 2.97. The molecule has 0 unspecified atom stereocenters. The summed E-state index contributed by atoms with van der Waals surface area (Å²) in [6.45, 7) is 0.616. The minimum absolute atomic E-state index is 0.185. The summed E-state index contributed by atoms with van der Waals surface area (Å²) in [6.07, 6.45) is 5.82. The lowest BCUT2D eigenvalue weighted by Crippen LogP contribution is -2.29. The molecule has 108 valence electrons. The van der Waals surface area contributed by atoms with E-state index in [-0.39, 0.29) is 17.2 Å². The fourth-order valence-electron chi connectivity index (χ4n) is 2.47. The fourth-order valence-corrected chi connectivity index (χ4v) is 2.47. The Bertz CT molecular complexity index is 512. The molecule has 0 aliphatic heterocycles. The van der Waals surface area contributed by atoms with Crippen molar-refractivity contribution in [3.63, 3.8) is 0 Å². The van der Waals surface area contributed by atoms with E-state index in [0.29, 0.717) is 18.3 Å². The number of anilines is 1. The summed E-state index contributed by atoms with van der Waals surface area (Å²) in [6, 6.07) is 1.25. The highest BCUT2D eigenvalue weighted by molar-refractivity contribution is 5.99. The lowest BCUT2D eigenvalue weighted by Gasteiger charge is -2.12. The van der Waals surface area contributed by atoms with Crippen molar-refractivity contribution >= 4 is 17.4 Å². The van der Waals surface area contributed by atoms with Crippen LogP contribution in [0.2, 0.25) is 0 Å². The molecule has 1 fully saturated rings. The number of carbonyl (C=O) groups is 1. The van der Waals surface area contributed by atoms with Gasteiger partial charge in [-0.2, -0.15) is 0 Å². The van der Waals surface area contributed by atoms with Crippen molar-refractivity contribution in [1.29, 1.82) is 0 Å². The fraction of sp³-hybridized carbons (Fsp3) is 0.538. The molecule has 0 atom stereocenters. The zero-order valence-electron chi connectivity index (χ0n) is 11.4. The molecule has 0 bridgehead atoms. The van der Waals surface area contributed by atoms with E-state index in [4.69, 9.17) is 0 Å². The molecule has 1 aromatic rings. The molecular formula is C13H18N4O3. The highest BCUT2D eigenvalue weighted by atomic mass is 16.6. The third kappa shape index (κ3) is 3.23. The summed E-state index contributed by atoms with van der Waals surface area (Å²) < 4.78 is 0. The number of rotatable bonds is 5. The van der Waals surface area contributed by atoms with Crippen LogP contribution >= 0.6 is 0 Å². The van der Waals surface area contributed by atoms with Crippen LogP contribution in [0.4, 0.5) is 11.5 Å². The maximum atomic E-state index is 12.1. The predicted octanol–water partition coefficient (Wildman–Crippen LogP) is 1.95. The quantitative estimate of drug-likeness (QED) is 0.633. The number of nitro groups is 1. The van der Waals surface area contributed by atoms with Crippen molar-refractivity contribution in [3.8, 4) is 0 Å². The van der Waals surface area contributed by atoms with Gasteiger partial charge in [0.25, 0.3) is 11.6 Å². The Labute approximate surface area is 116 Å². The van der Waals surface area contributed by atoms with Gasteiger partial charge in [-0.25, -0.2) is 4.98 Å².